The van der Waals surface area contributed by atoms with Gasteiger partial charge in [0.05, 0.1) is 15.8 Å². The van der Waals surface area contributed by atoms with E-state index < -0.39 is 0 Å². The lowest BCUT2D eigenvalue weighted by atomic mass is 10.0. The van der Waals surface area contributed by atoms with Crippen molar-refractivity contribution in [3.8, 4) is 0 Å². The van der Waals surface area contributed by atoms with Gasteiger partial charge in [-0.2, -0.15) is 0 Å². The summed E-state index contributed by atoms with van der Waals surface area (Å²) in [4.78, 5) is 0. The first-order valence-electron chi connectivity index (χ1n) is 4.78. The summed E-state index contributed by atoms with van der Waals surface area (Å²) < 4.78 is 0. The van der Waals surface area contributed by atoms with Crippen LogP contribution in [0.1, 0.15) is 11.1 Å². The van der Waals surface area contributed by atoms with Gasteiger partial charge >= 0.3 is 0 Å². The van der Waals surface area contributed by atoms with Crippen LogP contribution in [-0.2, 0) is 0 Å². The molecule has 0 bridgehead atoms. The van der Waals surface area contributed by atoms with Crippen molar-refractivity contribution < 1.29 is 0 Å². The molecule has 2 rings (SSSR count). The molecule has 2 aromatic carbocycles. The lowest BCUT2D eigenvalue weighted by Gasteiger charge is -2.08. The maximum atomic E-state index is 8.08. The van der Waals surface area contributed by atoms with Crippen molar-refractivity contribution >= 4 is 28.9 Å². The van der Waals surface area contributed by atoms with Crippen molar-refractivity contribution in [2.24, 2.45) is 0 Å². The van der Waals surface area contributed by atoms with Gasteiger partial charge in [0, 0.05) is 11.1 Å². The summed E-state index contributed by atoms with van der Waals surface area (Å²) in [6.07, 6.45) is 0. The molecule has 16 heavy (non-hydrogen) atoms. The van der Waals surface area contributed by atoms with Crippen molar-refractivity contribution in [1.82, 2.24) is 0 Å². The van der Waals surface area contributed by atoms with Crippen LogP contribution in [0.4, 0.5) is 0 Å². The molecule has 3 heteroatoms. The van der Waals surface area contributed by atoms with E-state index >= 15 is 0 Å². The topological polar surface area (TPSA) is 23.9 Å². The third-order valence-corrected chi connectivity index (χ3v) is 2.91. The zero-order chi connectivity index (χ0) is 11.5. The van der Waals surface area contributed by atoms with Crippen LogP contribution in [0.5, 0.6) is 0 Å². The number of halogens is 2. The van der Waals surface area contributed by atoms with E-state index in [0.29, 0.717) is 21.3 Å². The van der Waals surface area contributed by atoms with Crippen LogP contribution in [-0.4, -0.2) is 5.71 Å². The van der Waals surface area contributed by atoms with Gasteiger partial charge in [0.2, 0.25) is 0 Å². The van der Waals surface area contributed by atoms with Crippen LogP contribution in [0.25, 0.3) is 0 Å². The molecule has 0 saturated carbocycles. The minimum absolute atomic E-state index is 0.344. The molecule has 0 aliphatic rings. The summed E-state index contributed by atoms with van der Waals surface area (Å²) in [5.74, 6) is 0. The van der Waals surface area contributed by atoms with E-state index in [2.05, 4.69) is 0 Å². The zero-order valence-corrected chi connectivity index (χ0v) is 9.89. The number of benzene rings is 2. The molecule has 0 aliphatic carbocycles. The van der Waals surface area contributed by atoms with Gasteiger partial charge in [-0.15, -0.1) is 0 Å². The Hall–Kier alpha value is -1.31. The summed E-state index contributed by atoms with van der Waals surface area (Å²) >= 11 is 12.1. The van der Waals surface area contributed by atoms with Gasteiger partial charge in [-0.3, -0.25) is 5.41 Å². The summed E-state index contributed by atoms with van der Waals surface area (Å²) in [7, 11) is 0. The predicted octanol–water partition coefficient (Wildman–Crippen LogP) is 4.41. The molecule has 1 nitrogen and oxygen atoms in total. The lowest BCUT2D eigenvalue weighted by molar-refractivity contribution is 1.46. The van der Waals surface area contributed by atoms with E-state index in [-0.39, 0.29) is 0 Å². The second-order valence-electron chi connectivity index (χ2n) is 3.34. The zero-order valence-electron chi connectivity index (χ0n) is 8.37. The molecular formula is C13H9Cl2N. The van der Waals surface area contributed by atoms with E-state index in [0.717, 1.165) is 5.56 Å². The van der Waals surface area contributed by atoms with Crippen LogP contribution in [0, 0.1) is 5.41 Å². The van der Waals surface area contributed by atoms with Crippen LogP contribution >= 0.6 is 23.2 Å². The summed E-state index contributed by atoms with van der Waals surface area (Å²) in [6.45, 7) is 0. The van der Waals surface area contributed by atoms with E-state index in [4.69, 9.17) is 28.6 Å². The molecule has 0 unspecified atom stereocenters. The average Bonchev–Trinajstić information content (AvgIpc) is 2.30. The highest BCUT2D eigenvalue weighted by molar-refractivity contribution is 6.41. The van der Waals surface area contributed by atoms with Crippen molar-refractivity contribution in [2.45, 2.75) is 0 Å². The average molecular weight is 250 g/mol. The second-order valence-corrected chi connectivity index (χ2v) is 4.15. The third-order valence-electron chi connectivity index (χ3n) is 2.28. The Labute approximate surface area is 104 Å². The van der Waals surface area contributed by atoms with Crippen LogP contribution in [0.3, 0.4) is 0 Å². The Balaban J connectivity index is 2.50. The Morgan fingerprint density at radius 3 is 1.94 bits per heavy atom. The molecule has 0 amide bonds. The lowest BCUT2D eigenvalue weighted by Crippen LogP contribution is -2.02. The Bertz CT molecular complexity index is 500. The molecule has 80 valence electrons. The molecule has 0 atom stereocenters. The maximum Gasteiger partial charge on any atom is 0.0714 e. The molecule has 0 aromatic heterocycles. The Morgan fingerprint density at radius 2 is 1.38 bits per heavy atom. The van der Waals surface area contributed by atoms with Gasteiger partial charge < -0.3 is 0 Å². The largest absolute Gasteiger partial charge is 0.300 e. The molecule has 0 radical (unpaired) electrons. The first-order chi connectivity index (χ1) is 7.70. The minimum Gasteiger partial charge on any atom is -0.300 e. The third kappa shape index (κ3) is 2.11. The van der Waals surface area contributed by atoms with Gasteiger partial charge in [-0.05, 0) is 12.1 Å². The molecule has 0 aliphatic heterocycles. The quantitative estimate of drug-likeness (QED) is 0.763. The normalized spacial score (nSPS) is 10.1. The summed E-state index contributed by atoms with van der Waals surface area (Å²) in [5, 5.41) is 9.09. The Kier molecular flexibility index (Phi) is 3.28. The fraction of sp³-hybridized carbons (Fsp3) is 0. The van der Waals surface area contributed by atoms with Crippen molar-refractivity contribution in [1.29, 1.82) is 5.41 Å². The molecular weight excluding hydrogens is 241 g/mol. The van der Waals surface area contributed by atoms with Crippen LogP contribution in [0.15, 0.2) is 48.5 Å². The number of nitrogens with one attached hydrogen (secondary N) is 1. The molecule has 0 fully saturated rings. The highest BCUT2D eigenvalue weighted by Gasteiger charge is 2.12. The minimum atomic E-state index is 0.344. The second kappa shape index (κ2) is 4.69. The first-order valence-corrected chi connectivity index (χ1v) is 5.54. The molecule has 1 N–H and O–H groups in total. The van der Waals surface area contributed by atoms with Crippen molar-refractivity contribution in [3.05, 3.63) is 69.7 Å². The molecule has 2 aromatic rings. The standard InChI is InChI=1S/C13H9Cl2N/c14-10-7-4-8-11(15)12(10)13(16)9-5-2-1-3-6-9/h1-8,16H. The van der Waals surface area contributed by atoms with Gasteiger partial charge in [-0.1, -0.05) is 59.6 Å². The first kappa shape index (κ1) is 11.2. The highest BCUT2D eigenvalue weighted by Crippen LogP contribution is 2.26. The predicted molar refractivity (Wildman–Crippen MR) is 68.8 cm³/mol. The van der Waals surface area contributed by atoms with Crippen molar-refractivity contribution in [2.75, 3.05) is 0 Å². The van der Waals surface area contributed by atoms with E-state index in [1.54, 1.807) is 18.2 Å². The molecule has 0 saturated heterocycles. The Morgan fingerprint density at radius 1 is 0.812 bits per heavy atom. The maximum absolute atomic E-state index is 8.08. The van der Waals surface area contributed by atoms with Gasteiger partial charge in [0.15, 0.2) is 0 Å². The fourth-order valence-corrected chi connectivity index (χ4v) is 2.07. The van der Waals surface area contributed by atoms with Crippen LogP contribution < -0.4 is 0 Å². The van der Waals surface area contributed by atoms with Gasteiger partial charge in [0.25, 0.3) is 0 Å². The number of hydrogen-bond donors (Lipinski definition) is 1. The number of hydrogen-bond acceptors (Lipinski definition) is 1. The summed E-state index contributed by atoms with van der Waals surface area (Å²) in [5.41, 5.74) is 1.73. The van der Waals surface area contributed by atoms with Gasteiger partial charge in [-0.25, -0.2) is 0 Å². The van der Waals surface area contributed by atoms with Gasteiger partial charge in [0.1, 0.15) is 0 Å². The van der Waals surface area contributed by atoms with E-state index in [1.165, 1.54) is 0 Å². The number of rotatable bonds is 2. The SMILES string of the molecule is N=C(c1ccccc1)c1c(Cl)cccc1Cl. The fourth-order valence-electron chi connectivity index (χ4n) is 1.49. The van der Waals surface area contributed by atoms with Crippen molar-refractivity contribution in [3.63, 3.8) is 0 Å². The van der Waals surface area contributed by atoms with E-state index in [1.807, 2.05) is 30.3 Å². The summed E-state index contributed by atoms with van der Waals surface area (Å²) in [6, 6.07) is 14.6. The molecule has 0 heterocycles. The van der Waals surface area contributed by atoms with Crippen LogP contribution in [0.2, 0.25) is 10.0 Å². The monoisotopic (exact) mass is 249 g/mol. The molecule has 0 spiro atoms. The smallest absolute Gasteiger partial charge is 0.0714 e. The highest BCUT2D eigenvalue weighted by atomic mass is 35.5. The van der Waals surface area contributed by atoms with E-state index in [9.17, 15) is 0 Å².